The van der Waals surface area contributed by atoms with Gasteiger partial charge in [-0.15, -0.1) is 0 Å². The maximum atomic E-state index is 5.54. The first kappa shape index (κ1) is 14.1. The largest absolute Gasteiger partial charge is 0.381 e. The molecule has 0 bridgehead atoms. The van der Waals surface area contributed by atoms with Crippen LogP contribution < -0.4 is 5.32 Å². The number of hydrogen-bond donors (Lipinski definition) is 1. The van der Waals surface area contributed by atoms with Crippen LogP contribution in [0.1, 0.15) is 44.1 Å². The zero-order valence-corrected chi connectivity index (χ0v) is 12.6. The van der Waals surface area contributed by atoms with E-state index in [0.29, 0.717) is 6.04 Å². The minimum absolute atomic E-state index is 0.698. The van der Waals surface area contributed by atoms with Gasteiger partial charge in [0.1, 0.15) is 0 Å². The van der Waals surface area contributed by atoms with Crippen molar-refractivity contribution in [1.29, 1.82) is 0 Å². The van der Waals surface area contributed by atoms with Crippen LogP contribution in [0.25, 0.3) is 0 Å². The molecule has 1 saturated carbocycles. The lowest BCUT2D eigenvalue weighted by Crippen LogP contribution is -2.41. The van der Waals surface area contributed by atoms with Gasteiger partial charge in [-0.2, -0.15) is 0 Å². The van der Waals surface area contributed by atoms with Crippen LogP contribution in [0.3, 0.4) is 0 Å². The summed E-state index contributed by atoms with van der Waals surface area (Å²) in [6, 6.07) is 11.8. The van der Waals surface area contributed by atoms with E-state index in [1.165, 1.54) is 31.2 Å². The molecule has 1 aromatic rings. The predicted molar refractivity (Wildman–Crippen MR) is 82.9 cm³/mol. The summed E-state index contributed by atoms with van der Waals surface area (Å²) in [4.78, 5) is 0. The second kappa shape index (κ2) is 6.73. The van der Waals surface area contributed by atoms with Gasteiger partial charge in [-0.25, -0.2) is 0 Å². The van der Waals surface area contributed by atoms with Crippen molar-refractivity contribution in [3.05, 3.63) is 35.9 Å². The normalized spacial score (nSPS) is 28.2. The highest BCUT2D eigenvalue weighted by Gasteiger charge is 2.46. The average molecular weight is 273 g/mol. The third-order valence-corrected chi connectivity index (χ3v) is 4.93. The van der Waals surface area contributed by atoms with Crippen LogP contribution in [-0.4, -0.2) is 25.8 Å². The molecule has 3 unspecified atom stereocenters. The van der Waals surface area contributed by atoms with Crippen molar-refractivity contribution in [2.45, 2.75) is 44.6 Å². The van der Waals surface area contributed by atoms with Crippen LogP contribution in [0.2, 0.25) is 0 Å². The molecule has 1 N–H and O–H groups in total. The van der Waals surface area contributed by atoms with Crippen molar-refractivity contribution in [3.8, 4) is 0 Å². The average Bonchev–Trinajstić information content (AvgIpc) is 3.30. The molecule has 1 saturated heterocycles. The van der Waals surface area contributed by atoms with Gasteiger partial charge in [0.15, 0.2) is 0 Å². The molecule has 1 heterocycles. The molecule has 1 aliphatic heterocycles. The Kier molecular flexibility index (Phi) is 4.74. The van der Waals surface area contributed by atoms with Crippen LogP contribution in [0, 0.1) is 11.8 Å². The van der Waals surface area contributed by atoms with Crippen LogP contribution in [0.15, 0.2) is 30.3 Å². The molecule has 0 spiro atoms. The minimum Gasteiger partial charge on any atom is -0.381 e. The number of benzene rings is 1. The van der Waals surface area contributed by atoms with Crippen molar-refractivity contribution >= 4 is 0 Å². The summed E-state index contributed by atoms with van der Waals surface area (Å²) in [5, 5.41) is 3.85. The van der Waals surface area contributed by atoms with Gasteiger partial charge in [0.2, 0.25) is 0 Å². The fourth-order valence-electron chi connectivity index (χ4n) is 3.75. The molecular formula is C18H27NO. The lowest BCUT2D eigenvalue weighted by molar-refractivity contribution is 0.0504. The maximum absolute atomic E-state index is 5.54. The monoisotopic (exact) mass is 273 g/mol. The fraction of sp³-hybridized carbons (Fsp3) is 0.667. The van der Waals surface area contributed by atoms with Gasteiger partial charge in [-0.05, 0) is 55.5 Å². The van der Waals surface area contributed by atoms with E-state index >= 15 is 0 Å². The Hall–Kier alpha value is -0.860. The summed E-state index contributed by atoms with van der Waals surface area (Å²) in [5.41, 5.74) is 1.54. The zero-order valence-electron chi connectivity index (χ0n) is 12.6. The summed E-state index contributed by atoms with van der Waals surface area (Å²) < 4.78 is 5.54. The van der Waals surface area contributed by atoms with Gasteiger partial charge in [0.25, 0.3) is 0 Å². The Morgan fingerprint density at radius 1 is 1.20 bits per heavy atom. The van der Waals surface area contributed by atoms with Gasteiger partial charge < -0.3 is 10.1 Å². The summed E-state index contributed by atoms with van der Waals surface area (Å²) >= 11 is 0. The SMILES string of the molecule is CCCNC(C1CCOCC1)C1CC1c1ccccc1. The van der Waals surface area contributed by atoms with Crippen molar-refractivity contribution in [1.82, 2.24) is 5.32 Å². The first-order valence-corrected chi connectivity index (χ1v) is 8.26. The molecular weight excluding hydrogens is 246 g/mol. The van der Waals surface area contributed by atoms with Gasteiger partial charge in [-0.1, -0.05) is 37.3 Å². The third kappa shape index (κ3) is 3.24. The fourth-order valence-corrected chi connectivity index (χ4v) is 3.75. The minimum atomic E-state index is 0.698. The number of ether oxygens (including phenoxy) is 1. The highest BCUT2D eigenvalue weighted by atomic mass is 16.5. The van der Waals surface area contributed by atoms with Crippen LogP contribution >= 0.6 is 0 Å². The molecule has 3 atom stereocenters. The molecule has 110 valence electrons. The van der Waals surface area contributed by atoms with Crippen molar-refractivity contribution in [2.24, 2.45) is 11.8 Å². The van der Waals surface area contributed by atoms with Gasteiger partial charge in [0.05, 0.1) is 0 Å². The van der Waals surface area contributed by atoms with E-state index < -0.39 is 0 Å². The second-order valence-corrected chi connectivity index (χ2v) is 6.35. The van der Waals surface area contributed by atoms with Gasteiger partial charge in [0, 0.05) is 19.3 Å². The first-order chi connectivity index (χ1) is 9.90. The molecule has 0 radical (unpaired) electrons. The molecule has 2 nitrogen and oxygen atoms in total. The molecule has 1 aromatic carbocycles. The predicted octanol–water partition coefficient (Wildman–Crippen LogP) is 3.58. The quantitative estimate of drug-likeness (QED) is 0.855. The Bertz CT molecular complexity index is 399. The highest BCUT2D eigenvalue weighted by molar-refractivity contribution is 5.27. The molecule has 1 aliphatic carbocycles. The third-order valence-electron chi connectivity index (χ3n) is 4.93. The summed E-state index contributed by atoms with van der Waals surface area (Å²) in [6.07, 6.45) is 5.06. The number of nitrogens with one attached hydrogen (secondary N) is 1. The standard InChI is InChI=1S/C18H27NO/c1-2-10-19-18(15-8-11-20-12-9-15)17-13-16(17)14-6-4-3-5-7-14/h3-7,15-19H,2,8-13H2,1H3. The zero-order chi connectivity index (χ0) is 13.8. The Morgan fingerprint density at radius 2 is 1.95 bits per heavy atom. The van der Waals surface area contributed by atoms with Gasteiger partial charge >= 0.3 is 0 Å². The summed E-state index contributed by atoms with van der Waals surface area (Å²) in [7, 11) is 0. The Labute approximate surface area is 122 Å². The molecule has 0 aromatic heterocycles. The van der Waals surface area contributed by atoms with Crippen molar-refractivity contribution in [3.63, 3.8) is 0 Å². The molecule has 3 rings (SSSR count). The van der Waals surface area contributed by atoms with Crippen molar-refractivity contribution in [2.75, 3.05) is 19.8 Å². The molecule has 2 fully saturated rings. The van der Waals surface area contributed by atoms with E-state index in [4.69, 9.17) is 4.74 Å². The topological polar surface area (TPSA) is 21.3 Å². The lowest BCUT2D eigenvalue weighted by atomic mass is 9.87. The molecule has 2 heteroatoms. The van der Waals surface area contributed by atoms with Crippen LogP contribution in [0.4, 0.5) is 0 Å². The maximum Gasteiger partial charge on any atom is 0.0469 e. The summed E-state index contributed by atoms with van der Waals surface area (Å²) in [5.74, 6) is 2.44. The number of hydrogen-bond acceptors (Lipinski definition) is 2. The number of rotatable bonds is 6. The van der Waals surface area contributed by atoms with E-state index in [9.17, 15) is 0 Å². The van der Waals surface area contributed by atoms with E-state index in [-0.39, 0.29) is 0 Å². The molecule has 2 aliphatic rings. The summed E-state index contributed by atoms with van der Waals surface area (Å²) in [6.45, 7) is 5.32. The van der Waals surface area contributed by atoms with E-state index in [1.54, 1.807) is 0 Å². The Morgan fingerprint density at radius 3 is 2.65 bits per heavy atom. The second-order valence-electron chi connectivity index (χ2n) is 6.35. The van der Waals surface area contributed by atoms with Crippen molar-refractivity contribution < 1.29 is 4.74 Å². The van der Waals surface area contributed by atoms with Crippen LogP contribution in [0.5, 0.6) is 0 Å². The molecule has 20 heavy (non-hydrogen) atoms. The van der Waals surface area contributed by atoms with E-state index in [0.717, 1.165) is 37.5 Å². The van der Waals surface area contributed by atoms with E-state index in [1.807, 2.05) is 0 Å². The smallest absolute Gasteiger partial charge is 0.0469 e. The molecule has 0 amide bonds. The van der Waals surface area contributed by atoms with E-state index in [2.05, 4.69) is 42.6 Å². The van der Waals surface area contributed by atoms with Gasteiger partial charge in [-0.3, -0.25) is 0 Å². The highest BCUT2D eigenvalue weighted by Crippen LogP contribution is 2.51. The Balaban J connectivity index is 1.64. The lowest BCUT2D eigenvalue weighted by Gasteiger charge is -2.31. The first-order valence-electron chi connectivity index (χ1n) is 8.26. The van der Waals surface area contributed by atoms with Crippen LogP contribution in [-0.2, 0) is 4.74 Å².